The number of carbonyl (C=O) groups excluding carboxylic acids is 1. The van der Waals surface area contributed by atoms with Crippen LogP contribution >= 0.6 is 0 Å². The zero-order valence-corrected chi connectivity index (χ0v) is 19.5. The van der Waals surface area contributed by atoms with Gasteiger partial charge in [-0.3, -0.25) is 18.8 Å². The Hall–Kier alpha value is -2.93. The Balaban J connectivity index is 1.28. The number of benzene rings is 2. The van der Waals surface area contributed by atoms with E-state index in [1.165, 1.54) is 15.7 Å². The maximum atomic E-state index is 14.4. The van der Waals surface area contributed by atoms with E-state index in [0.29, 0.717) is 12.0 Å². The van der Waals surface area contributed by atoms with Crippen molar-refractivity contribution in [2.45, 2.75) is 69.5 Å². The van der Waals surface area contributed by atoms with Crippen molar-refractivity contribution in [1.82, 2.24) is 14.0 Å². The van der Waals surface area contributed by atoms with Crippen molar-refractivity contribution < 1.29 is 9.18 Å². The molecule has 3 aromatic rings. The van der Waals surface area contributed by atoms with Crippen molar-refractivity contribution in [2.24, 2.45) is 5.73 Å². The number of nitrogens with two attached hydrogens (primary N) is 1. The SMILES string of the molecule is CC(C(N)=O)n1c(=O)n(C2CCN(C3CCC4CCc5c(F)ccc3c54)CC2)c2ccccc21. The highest BCUT2D eigenvalue weighted by atomic mass is 19.1. The minimum atomic E-state index is -0.700. The number of amides is 1. The van der Waals surface area contributed by atoms with E-state index in [9.17, 15) is 14.0 Å². The predicted octanol–water partition coefficient (Wildman–Crippen LogP) is 4.19. The maximum absolute atomic E-state index is 14.4. The summed E-state index contributed by atoms with van der Waals surface area (Å²) in [7, 11) is 0. The minimum absolute atomic E-state index is 0.0402. The molecule has 0 saturated carbocycles. The van der Waals surface area contributed by atoms with Crippen LogP contribution in [0.1, 0.15) is 79.8 Å². The third-order valence-corrected chi connectivity index (χ3v) is 8.55. The van der Waals surface area contributed by atoms with Crippen LogP contribution in [0, 0.1) is 5.82 Å². The average Bonchev–Trinajstić information content (AvgIpc) is 3.41. The van der Waals surface area contributed by atoms with Gasteiger partial charge in [0.25, 0.3) is 0 Å². The first-order valence-electron chi connectivity index (χ1n) is 12.5. The molecule has 2 aromatic carbocycles. The molecule has 0 spiro atoms. The third kappa shape index (κ3) is 3.17. The predicted molar refractivity (Wildman–Crippen MR) is 129 cm³/mol. The zero-order valence-electron chi connectivity index (χ0n) is 19.5. The number of para-hydroxylation sites is 2. The van der Waals surface area contributed by atoms with Crippen LogP contribution in [0.5, 0.6) is 0 Å². The third-order valence-electron chi connectivity index (χ3n) is 8.55. The first kappa shape index (κ1) is 21.6. The quantitative estimate of drug-likeness (QED) is 0.632. The number of rotatable bonds is 4. The van der Waals surface area contributed by atoms with Gasteiger partial charge in [-0.2, -0.15) is 0 Å². The lowest BCUT2D eigenvalue weighted by molar-refractivity contribution is -0.120. The highest BCUT2D eigenvalue weighted by Crippen LogP contribution is 2.49. The smallest absolute Gasteiger partial charge is 0.330 e. The molecule has 1 saturated heterocycles. The highest BCUT2D eigenvalue weighted by Gasteiger charge is 2.38. The second kappa shape index (κ2) is 8.08. The Morgan fingerprint density at radius 2 is 1.76 bits per heavy atom. The number of halogens is 1. The number of piperidine rings is 1. The number of primary amides is 1. The van der Waals surface area contributed by atoms with Crippen molar-refractivity contribution in [3.05, 3.63) is 69.4 Å². The fraction of sp³-hybridized carbons (Fsp3) is 0.481. The number of likely N-dealkylation sites (tertiary alicyclic amines) is 1. The summed E-state index contributed by atoms with van der Waals surface area (Å²) in [6.45, 7) is 3.47. The van der Waals surface area contributed by atoms with Crippen molar-refractivity contribution in [2.75, 3.05) is 13.1 Å². The average molecular weight is 463 g/mol. The Morgan fingerprint density at radius 1 is 1.03 bits per heavy atom. The van der Waals surface area contributed by atoms with Crippen LogP contribution in [-0.4, -0.2) is 33.0 Å². The fourth-order valence-corrected chi connectivity index (χ4v) is 6.83. The molecule has 178 valence electrons. The van der Waals surface area contributed by atoms with E-state index in [-0.39, 0.29) is 17.5 Å². The summed E-state index contributed by atoms with van der Waals surface area (Å²) in [6, 6.07) is 11.0. The van der Waals surface area contributed by atoms with Gasteiger partial charge in [0.15, 0.2) is 0 Å². The van der Waals surface area contributed by atoms with Crippen LogP contribution in [0.4, 0.5) is 4.39 Å². The molecule has 3 aliphatic rings. The van der Waals surface area contributed by atoms with Crippen LogP contribution < -0.4 is 11.4 Å². The molecule has 2 N–H and O–H groups in total. The van der Waals surface area contributed by atoms with E-state index in [0.717, 1.165) is 68.2 Å². The van der Waals surface area contributed by atoms with Gasteiger partial charge in [0.05, 0.1) is 11.0 Å². The van der Waals surface area contributed by atoms with Gasteiger partial charge in [0.2, 0.25) is 5.91 Å². The van der Waals surface area contributed by atoms with Crippen molar-refractivity contribution in [3.63, 3.8) is 0 Å². The molecule has 34 heavy (non-hydrogen) atoms. The molecule has 0 radical (unpaired) electrons. The normalized spacial score (nSPS) is 23.8. The molecule has 3 atom stereocenters. The van der Waals surface area contributed by atoms with Gasteiger partial charge < -0.3 is 5.73 Å². The van der Waals surface area contributed by atoms with E-state index in [2.05, 4.69) is 4.90 Å². The second-order valence-electron chi connectivity index (χ2n) is 10.2. The molecule has 0 bridgehead atoms. The van der Waals surface area contributed by atoms with Crippen LogP contribution in [-0.2, 0) is 11.2 Å². The fourth-order valence-electron chi connectivity index (χ4n) is 6.83. The Bertz CT molecular complexity index is 1330. The number of imidazole rings is 1. The topological polar surface area (TPSA) is 73.3 Å². The number of hydrogen-bond donors (Lipinski definition) is 1. The number of carbonyl (C=O) groups is 1. The molecule has 2 aliphatic carbocycles. The minimum Gasteiger partial charge on any atom is -0.368 e. The van der Waals surface area contributed by atoms with Crippen LogP contribution in [0.2, 0.25) is 0 Å². The molecular weight excluding hydrogens is 431 g/mol. The number of aromatic nitrogens is 2. The van der Waals surface area contributed by atoms with Crippen molar-refractivity contribution in [3.8, 4) is 0 Å². The highest BCUT2D eigenvalue weighted by molar-refractivity contribution is 5.82. The summed E-state index contributed by atoms with van der Waals surface area (Å²) in [5.74, 6) is -0.0322. The maximum Gasteiger partial charge on any atom is 0.330 e. The number of hydrogen-bond acceptors (Lipinski definition) is 3. The van der Waals surface area contributed by atoms with E-state index >= 15 is 0 Å². The lowest BCUT2D eigenvalue weighted by Crippen LogP contribution is -2.41. The molecule has 6 nitrogen and oxygen atoms in total. The largest absolute Gasteiger partial charge is 0.368 e. The first-order chi connectivity index (χ1) is 16.5. The molecule has 6 rings (SSSR count). The molecule has 7 heteroatoms. The van der Waals surface area contributed by atoms with Gasteiger partial charge in [-0.25, -0.2) is 9.18 Å². The number of nitrogens with zero attached hydrogens (tertiary/aromatic N) is 3. The molecule has 1 fully saturated rings. The molecule has 1 aliphatic heterocycles. The summed E-state index contributed by atoms with van der Waals surface area (Å²) in [6.07, 6.45) is 5.92. The van der Waals surface area contributed by atoms with Gasteiger partial charge in [-0.05, 0) is 86.3 Å². The standard InChI is InChI=1S/C27H31FN4O2/c1-16(26(29)33)31-23-4-2-3-5-24(23)32(27(31)34)18-12-14-30(15-13-18)22-11-7-17-6-8-19-21(28)10-9-20(22)25(17)19/h2-5,9-10,16-18,22H,6-8,11-15H2,1H3,(H2,29,33). The van der Waals surface area contributed by atoms with Crippen LogP contribution in [0.25, 0.3) is 11.0 Å². The molecule has 1 amide bonds. The summed E-state index contributed by atoms with van der Waals surface area (Å²) >= 11 is 0. The summed E-state index contributed by atoms with van der Waals surface area (Å²) in [5, 5.41) is 0. The second-order valence-corrected chi connectivity index (χ2v) is 10.2. The van der Waals surface area contributed by atoms with Gasteiger partial charge in [-0.1, -0.05) is 18.2 Å². The van der Waals surface area contributed by atoms with Gasteiger partial charge in [0, 0.05) is 25.2 Å². The van der Waals surface area contributed by atoms with Gasteiger partial charge >= 0.3 is 5.69 Å². The van der Waals surface area contributed by atoms with Crippen LogP contribution in [0.15, 0.2) is 41.2 Å². The van der Waals surface area contributed by atoms with E-state index in [4.69, 9.17) is 5.73 Å². The van der Waals surface area contributed by atoms with Gasteiger partial charge in [-0.15, -0.1) is 0 Å². The molecule has 1 aromatic heterocycles. The summed E-state index contributed by atoms with van der Waals surface area (Å²) in [4.78, 5) is 27.9. The molecule has 3 unspecified atom stereocenters. The lowest BCUT2D eigenvalue weighted by atomic mass is 9.80. The number of fused-ring (bicyclic) bond motifs is 1. The summed E-state index contributed by atoms with van der Waals surface area (Å²) in [5.41, 5.74) is 10.6. The Morgan fingerprint density at radius 3 is 2.50 bits per heavy atom. The van der Waals surface area contributed by atoms with Gasteiger partial charge in [0.1, 0.15) is 11.9 Å². The molecular formula is C27H31FN4O2. The van der Waals surface area contributed by atoms with Crippen LogP contribution in [0.3, 0.4) is 0 Å². The van der Waals surface area contributed by atoms with Crippen molar-refractivity contribution >= 4 is 16.9 Å². The Labute approximate surface area is 198 Å². The summed E-state index contributed by atoms with van der Waals surface area (Å²) < 4.78 is 17.8. The van der Waals surface area contributed by atoms with E-state index in [1.807, 2.05) is 34.9 Å². The van der Waals surface area contributed by atoms with Crippen molar-refractivity contribution in [1.29, 1.82) is 0 Å². The first-order valence-corrected chi connectivity index (χ1v) is 12.5. The van der Waals surface area contributed by atoms with E-state index in [1.54, 1.807) is 13.0 Å². The zero-order chi connectivity index (χ0) is 23.6. The molecule has 2 heterocycles. The monoisotopic (exact) mass is 462 g/mol. The lowest BCUT2D eigenvalue weighted by Gasteiger charge is -2.41. The van der Waals surface area contributed by atoms with E-state index < -0.39 is 11.9 Å². The Kier molecular flexibility index (Phi) is 5.13.